The lowest BCUT2D eigenvalue weighted by Crippen LogP contribution is -2.01. The van der Waals surface area contributed by atoms with Gasteiger partial charge in [0.25, 0.3) is 0 Å². The second-order valence-electron chi connectivity index (χ2n) is 16.7. The quantitative estimate of drug-likeness (QED) is 0.157. The number of hydrogen-bond donors (Lipinski definition) is 0. The van der Waals surface area contributed by atoms with Crippen LogP contribution in [0.25, 0.3) is 127 Å². The lowest BCUT2D eigenvalue weighted by atomic mass is 9.91. The van der Waals surface area contributed by atoms with E-state index in [0.717, 1.165) is 83.2 Å². The molecule has 302 valence electrons. The zero-order valence-corrected chi connectivity index (χ0v) is 35.2. The van der Waals surface area contributed by atoms with Crippen molar-refractivity contribution in [1.29, 1.82) is 0 Å². The summed E-state index contributed by atoms with van der Waals surface area (Å²) in [5.41, 5.74) is 13.3. The summed E-state index contributed by atoms with van der Waals surface area (Å²) in [7, 11) is 0. The number of aromatic nitrogens is 4. The SMILES string of the molecule is c1ccc(-c2nc(-c3cc4ccccc4c4ccccc34)nc(-c3ccccc3)c2-c2ccc(-c3nc4ccccc4c4c3ccc3c4c4ccccc4n3-c3ccccc3)cc2)cc1. The molecule has 0 spiro atoms. The first-order chi connectivity index (χ1) is 32.3. The molecule has 0 saturated carbocycles. The summed E-state index contributed by atoms with van der Waals surface area (Å²) in [4.78, 5) is 16.5. The third kappa shape index (κ3) is 5.96. The molecule has 0 atom stereocenters. The first-order valence-corrected chi connectivity index (χ1v) is 22.1. The van der Waals surface area contributed by atoms with Crippen molar-refractivity contribution in [3.63, 3.8) is 0 Å². The lowest BCUT2D eigenvalue weighted by molar-refractivity contribution is 1.18. The van der Waals surface area contributed by atoms with Crippen LogP contribution in [0.5, 0.6) is 0 Å². The number of nitrogens with zero attached hydrogens (tertiary/aromatic N) is 4. The summed E-state index contributed by atoms with van der Waals surface area (Å²) in [5, 5.41) is 10.6. The minimum Gasteiger partial charge on any atom is -0.309 e. The summed E-state index contributed by atoms with van der Waals surface area (Å²) >= 11 is 0. The topological polar surface area (TPSA) is 43.6 Å². The zero-order chi connectivity index (χ0) is 42.8. The van der Waals surface area contributed by atoms with Gasteiger partial charge in [-0.15, -0.1) is 0 Å². The van der Waals surface area contributed by atoms with E-state index in [1.165, 1.54) is 38.0 Å². The molecule has 0 N–H and O–H groups in total. The second kappa shape index (κ2) is 15.0. The predicted molar refractivity (Wildman–Crippen MR) is 271 cm³/mol. The third-order valence-electron chi connectivity index (χ3n) is 13.0. The number of rotatable bonds is 6. The standard InChI is InChI=1S/C61H38N4/c1-4-18-40(19-5-1)59-55(60(41-20-6-2-7-21-41)64-61(63-59)51-38-43-22-10-11-25-45(43)46-26-12-13-27-47(46)51)39-32-34-42(35-33-39)58-50-36-37-54-57(56(50)48-28-14-16-30-52(48)62-58)49-29-15-17-31-53(49)65(54)44-23-8-3-9-24-44/h1-38H. The van der Waals surface area contributed by atoms with Crippen molar-refractivity contribution < 1.29 is 0 Å². The molecule has 13 rings (SSSR count). The van der Waals surface area contributed by atoms with E-state index in [-0.39, 0.29) is 0 Å². The van der Waals surface area contributed by atoms with E-state index in [4.69, 9.17) is 15.0 Å². The van der Waals surface area contributed by atoms with Crippen LogP contribution in [0.3, 0.4) is 0 Å². The van der Waals surface area contributed by atoms with E-state index in [1.807, 2.05) is 0 Å². The highest BCUT2D eigenvalue weighted by atomic mass is 15.0. The molecule has 0 amide bonds. The van der Waals surface area contributed by atoms with Crippen LogP contribution in [-0.4, -0.2) is 19.5 Å². The summed E-state index contributed by atoms with van der Waals surface area (Å²) in [6.45, 7) is 0. The van der Waals surface area contributed by atoms with Gasteiger partial charge in [-0.2, -0.15) is 0 Å². The molecule has 4 nitrogen and oxygen atoms in total. The van der Waals surface area contributed by atoms with Gasteiger partial charge >= 0.3 is 0 Å². The molecular formula is C61H38N4. The number of hydrogen-bond acceptors (Lipinski definition) is 3. The first-order valence-electron chi connectivity index (χ1n) is 22.1. The molecule has 13 aromatic rings. The fourth-order valence-corrected chi connectivity index (χ4v) is 10.1. The molecule has 0 aliphatic heterocycles. The number of fused-ring (bicyclic) bond motifs is 10. The van der Waals surface area contributed by atoms with E-state index in [0.29, 0.717) is 5.82 Å². The first kappa shape index (κ1) is 36.9. The number of para-hydroxylation sites is 3. The molecule has 3 aromatic heterocycles. The molecule has 65 heavy (non-hydrogen) atoms. The van der Waals surface area contributed by atoms with E-state index in [2.05, 4.69) is 235 Å². The predicted octanol–water partition coefficient (Wildman–Crippen LogP) is 15.9. The van der Waals surface area contributed by atoms with Gasteiger partial charge in [-0.3, -0.25) is 0 Å². The minimum absolute atomic E-state index is 0.691. The third-order valence-corrected chi connectivity index (χ3v) is 13.0. The highest BCUT2D eigenvalue weighted by Gasteiger charge is 2.23. The van der Waals surface area contributed by atoms with E-state index < -0.39 is 0 Å². The fraction of sp³-hybridized carbons (Fsp3) is 0. The van der Waals surface area contributed by atoms with Gasteiger partial charge in [0.2, 0.25) is 0 Å². The van der Waals surface area contributed by atoms with Gasteiger partial charge in [0.15, 0.2) is 5.82 Å². The number of pyridine rings is 1. The molecule has 0 bridgehead atoms. The molecule has 3 heterocycles. The molecule has 0 unspecified atom stereocenters. The van der Waals surface area contributed by atoms with Crippen LogP contribution < -0.4 is 0 Å². The smallest absolute Gasteiger partial charge is 0.161 e. The highest BCUT2D eigenvalue weighted by Crippen LogP contribution is 2.45. The lowest BCUT2D eigenvalue weighted by Gasteiger charge is -2.18. The molecule has 4 heteroatoms. The molecule has 0 aliphatic rings. The molecule has 0 fully saturated rings. The Kier molecular flexibility index (Phi) is 8.50. The van der Waals surface area contributed by atoms with Crippen LogP contribution in [0, 0.1) is 0 Å². The van der Waals surface area contributed by atoms with E-state index in [1.54, 1.807) is 0 Å². The Bertz CT molecular complexity index is 3910. The Morgan fingerprint density at radius 2 is 0.846 bits per heavy atom. The molecular weight excluding hydrogens is 789 g/mol. The van der Waals surface area contributed by atoms with Gasteiger partial charge in [-0.05, 0) is 63.5 Å². The molecule has 0 saturated heterocycles. The summed E-state index contributed by atoms with van der Waals surface area (Å²) in [5.74, 6) is 0.691. The van der Waals surface area contributed by atoms with Crippen LogP contribution in [-0.2, 0) is 0 Å². The van der Waals surface area contributed by atoms with E-state index >= 15 is 0 Å². The second-order valence-corrected chi connectivity index (χ2v) is 16.7. The molecule has 0 radical (unpaired) electrons. The normalized spacial score (nSPS) is 11.7. The Labute approximate surface area is 375 Å². The van der Waals surface area contributed by atoms with Gasteiger partial charge in [-0.25, -0.2) is 15.0 Å². The van der Waals surface area contributed by atoms with Crippen LogP contribution >= 0.6 is 0 Å². The summed E-state index contributed by atoms with van der Waals surface area (Å²) in [6.07, 6.45) is 0. The van der Waals surface area contributed by atoms with Crippen molar-refractivity contribution in [2.75, 3.05) is 0 Å². The monoisotopic (exact) mass is 826 g/mol. The van der Waals surface area contributed by atoms with Crippen molar-refractivity contribution in [2.24, 2.45) is 0 Å². The maximum atomic E-state index is 5.54. The Hall–Kier alpha value is -8.73. The zero-order valence-electron chi connectivity index (χ0n) is 35.2. The van der Waals surface area contributed by atoms with Gasteiger partial charge < -0.3 is 4.57 Å². The highest BCUT2D eigenvalue weighted by molar-refractivity contribution is 6.29. The van der Waals surface area contributed by atoms with E-state index in [9.17, 15) is 0 Å². The van der Waals surface area contributed by atoms with Crippen LogP contribution in [0.1, 0.15) is 0 Å². The van der Waals surface area contributed by atoms with Crippen LogP contribution in [0.4, 0.5) is 0 Å². The van der Waals surface area contributed by atoms with Crippen LogP contribution in [0.2, 0.25) is 0 Å². The summed E-state index contributed by atoms with van der Waals surface area (Å²) in [6, 6.07) is 81.9. The summed E-state index contributed by atoms with van der Waals surface area (Å²) < 4.78 is 2.39. The average Bonchev–Trinajstić information content (AvgIpc) is 3.73. The number of benzene rings is 10. The van der Waals surface area contributed by atoms with Crippen molar-refractivity contribution in [1.82, 2.24) is 19.5 Å². The Balaban J connectivity index is 1.04. The largest absolute Gasteiger partial charge is 0.309 e. The molecule has 0 aliphatic carbocycles. The Morgan fingerprint density at radius 3 is 1.55 bits per heavy atom. The molecule has 10 aromatic carbocycles. The van der Waals surface area contributed by atoms with Gasteiger partial charge in [0.05, 0.1) is 33.6 Å². The van der Waals surface area contributed by atoms with Crippen molar-refractivity contribution in [2.45, 2.75) is 0 Å². The van der Waals surface area contributed by atoms with Gasteiger partial charge in [0.1, 0.15) is 0 Å². The van der Waals surface area contributed by atoms with Gasteiger partial charge in [0, 0.05) is 60.4 Å². The van der Waals surface area contributed by atoms with Crippen molar-refractivity contribution in [3.05, 3.63) is 231 Å². The fourth-order valence-electron chi connectivity index (χ4n) is 10.1. The van der Waals surface area contributed by atoms with Gasteiger partial charge in [-0.1, -0.05) is 194 Å². The van der Waals surface area contributed by atoms with Crippen molar-refractivity contribution >= 4 is 65.0 Å². The average molecular weight is 827 g/mol. The maximum absolute atomic E-state index is 5.54. The van der Waals surface area contributed by atoms with Crippen LogP contribution in [0.15, 0.2) is 231 Å². The Morgan fingerprint density at radius 1 is 0.308 bits per heavy atom. The van der Waals surface area contributed by atoms with Crippen molar-refractivity contribution in [3.8, 4) is 62.0 Å². The minimum atomic E-state index is 0.691. The maximum Gasteiger partial charge on any atom is 0.161 e.